The molecule has 1 aliphatic rings. The van der Waals surface area contributed by atoms with Gasteiger partial charge in [0, 0.05) is 17.0 Å². The zero-order valence-corrected chi connectivity index (χ0v) is 15.8. The Morgan fingerprint density at radius 2 is 1.75 bits per heavy atom. The van der Waals surface area contributed by atoms with Gasteiger partial charge in [-0.05, 0) is 53.8 Å². The fourth-order valence-corrected chi connectivity index (χ4v) is 3.65. The maximum absolute atomic E-state index is 14.5. The fourth-order valence-electron chi connectivity index (χ4n) is 3.65. The molecular weight excluding hydrogens is 351 g/mol. The van der Waals surface area contributed by atoms with Crippen molar-refractivity contribution in [3.05, 3.63) is 89.7 Å². The van der Waals surface area contributed by atoms with Crippen molar-refractivity contribution in [2.24, 2.45) is 5.73 Å². The van der Waals surface area contributed by atoms with Crippen molar-refractivity contribution in [1.29, 1.82) is 0 Å². The Hall–Kier alpha value is -2.98. The van der Waals surface area contributed by atoms with Gasteiger partial charge < -0.3 is 11.1 Å². The van der Waals surface area contributed by atoms with Crippen LogP contribution in [-0.4, -0.2) is 11.4 Å². The summed E-state index contributed by atoms with van der Waals surface area (Å²) in [7, 11) is 0. The minimum absolute atomic E-state index is 0.181. The van der Waals surface area contributed by atoms with Gasteiger partial charge in [0.1, 0.15) is 5.82 Å². The molecule has 4 rings (SSSR count). The number of halogens is 1. The second-order valence-corrected chi connectivity index (χ2v) is 7.48. The van der Waals surface area contributed by atoms with Crippen LogP contribution in [0, 0.1) is 5.82 Å². The highest BCUT2D eigenvalue weighted by Gasteiger charge is 2.50. The second kappa shape index (κ2) is 7.21. The predicted molar refractivity (Wildman–Crippen MR) is 111 cm³/mol. The van der Waals surface area contributed by atoms with E-state index in [-0.39, 0.29) is 23.1 Å². The molecule has 3 nitrogen and oxygen atoms in total. The molecule has 3 N–H and O–H groups in total. The summed E-state index contributed by atoms with van der Waals surface area (Å²) >= 11 is 0. The molecule has 28 heavy (non-hydrogen) atoms. The molecule has 3 aromatic carbocycles. The van der Waals surface area contributed by atoms with Crippen molar-refractivity contribution in [2.45, 2.75) is 31.2 Å². The van der Waals surface area contributed by atoms with Gasteiger partial charge in [0.15, 0.2) is 0 Å². The van der Waals surface area contributed by atoms with E-state index in [0.717, 1.165) is 29.5 Å². The van der Waals surface area contributed by atoms with Crippen molar-refractivity contribution in [3.8, 4) is 11.1 Å². The molecule has 1 saturated carbocycles. The molecule has 4 heteroatoms. The summed E-state index contributed by atoms with van der Waals surface area (Å²) in [6.45, 7) is 2.05. The average molecular weight is 374 g/mol. The predicted octanol–water partition coefficient (Wildman–Crippen LogP) is 5.34. The summed E-state index contributed by atoms with van der Waals surface area (Å²) in [5.41, 5.74) is 9.69. The second-order valence-electron chi connectivity index (χ2n) is 7.48. The van der Waals surface area contributed by atoms with Crippen LogP contribution in [0.2, 0.25) is 0 Å². The third-order valence-electron chi connectivity index (χ3n) is 5.67. The standard InChI is InChI=1S/C24H23FN2O/c1-2-24(26)15-20(24)19-12-13-22(21(25)14-19)27-23(28)18-10-8-17(9-11-18)16-6-4-3-5-7-16/h3-14,20H,2,15,26H2,1H3,(H,27,28)/t20-,24-/m0/s1. The highest BCUT2D eigenvalue weighted by molar-refractivity contribution is 6.04. The number of rotatable bonds is 5. The number of hydrogen-bond acceptors (Lipinski definition) is 2. The minimum atomic E-state index is -0.433. The van der Waals surface area contributed by atoms with Crippen molar-refractivity contribution in [1.82, 2.24) is 0 Å². The third-order valence-corrected chi connectivity index (χ3v) is 5.67. The van der Waals surface area contributed by atoms with Crippen molar-refractivity contribution in [2.75, 3.05) is 5.32 Å². The number of carbonyl (C=O) groups is 1. The van der Waals surface area contributed by atoms with Crippen molar-refractivity contribution < 1.29 is 9.18 Å². The molecule has 2 atom stereocenters. The lowest BCUT2D eigenvalue weighted by Crippen LogP contribution is -2.22. The smallest absolute Gasteiger partial charge is 0.255 e. The highest BCUT2D eigenvalue weighted by atomic mass is 19.1. The number of hydrogen-bond donors (Lipinski definition) is 2. The van der Waals surface area contributed by atoms with Crippen LogP contribution in [0.15, 0.2) is 72.8 Å². The van der Waals surface area contributed by atoms with E-state index < -0.39 is 5.82 Å². The molecular formula is C24H23FN2O. The van der Waals surface area contributed by atoms with E-state index in [0.29, 0.717) is 5.56 Å². The topological polar surface area (TPSA) is 55.1 Å². The van der Waals surface area contributed by atoms with Crippen LogP contribution in [0.25, 0.3) is 11.1 Å². The van der Waals surface area contributed by atoms with E-state index in [1.54, 1.807) is 18.2 Å². The van der Waals surface area contributed by atoms with Crippen LogP contribution >= 0.6 is 0 Å². The molecule has 1 aliphatic carbocycles. The fraction of sp³-hybridized carbons (Fsp3) is 0.208. The van der Waals surface area contributed by atoms with Gasteiger partial charge in [-0.3, -0.25) is 4.79 Å². The Bertz CT molecular complexity index is 1000. The lowest BCUT2D eigenvalue weighted by molar-refractivity contribution is 0.102. The molecule has 0 heterocycles. The Labute approximate surface area is 164 Å². The number of nitrogens with one attached hydrogen (secondary N) is 1. The highest BCUT2D eigenvalue weighted by Crippen LogP contribution is 2.51. The SMILES string of the molecule is CC[C@]1(N)C[C@H]1c1ccc(NC(=O)c2ccc(-c3ccccc3)cc2)c(F)c1. The van der Waals surface area contributed by atoms with E-state index in [1.165, 1.54) is 6.07 Å². The molecule has 1 fully saturated rings. The van der Waals surface area contributed by atoms with E-state index in [1.807, 2.05) is 55.5 Å². The molecule has 0 radical (unpaired) electrons. The van der Waals surface area contributed by atoms with Crippen molar-refractivity contribution >= 4 is 11.6 Å². The first-order valence-corrected chi connectivity index (χ1v) is 9.55. The quantitative estimate of drug-likeness (QED) is 0.633. The van der Waals surface area contributed by atoms with Gasteiger partial charge in [-0.15, -0.1) is 0 Å². The maximum atomic E-state index is 14.5. The summed E-state index contributed by atoms with van der Waals surface area (Å²) in [6, 6.07) is 22.2. The lowest BCUT2D eigenvalue weighted by Gasteiger charge is -2.11. The molecule has 0 aromatic heterocycles. The molecule has 0 saturated heterocycles. The van der Waals surface area contributed by atoms with Crippen LogP contribution in [0.3, 0.4) is 0 Å². The van der Waals surface area contributed by atoms with Crippen LogP contribution in [0.5, 0.6) is 0 Å². The minimum Gasteiger partial charge on any atom is -0.325 e. The number of amides is 1. The Kier molecular flexibility index (Phi) is 4.73. The Balaban J connectivity index is 1.46. The first-order chi connectivity index (χ1) is 13.5. The maximum Gasteiger partial charge on any atom is 0.255 e. The van der Waals surface area contributed by atoms with Crippen molar-refractivity contribution in [3.63, 3.8) is 0 Å². The van der Waals surface area contributed by atoms with Gasteiger partial charge >= 0.3 is 0 Å². The number of benzene rings is 3. The van der Waals surface area contributed by atoms with Gasteiger partial charge in [0.05, 0.1) is 5.69 Å². The molecule has 0 aliphatic heterocycles. The van der Waals surface area contributed by atoms with E-state index in [9.17, 15) is 9.18 Å². The van der Waals surface area contributed by atoms with E-state index >= 15 is 0 Å². The Morgan fingerprint density at radius 3 is 2.36 bits per heavy atom. The zero-order chi connectivity index (χ0) is 19.7. The van der Waals surface area contributed by atoms with Gasteiger partial charge in [0.25, 0.3) is 5.91 Å². The zero-order valence-electron chi connectivity index (χ0n) is 15.8. The monoisotopic (exact) mass is 374 g/mol. The van der Waals surface area contributed by atoms with E-state index in [4.69, 9.17) is 5.73 Å². The summed E-state index contributed by atoms with van der Waals surface area (Å²) in [6.07, 6.45) is 1.75. The summed E-state index contributed by atoms with van der Waals surface area (Å²) < 4.78 is 14.5. The summed E-state index contributed by atoms with van der Waals surface area (Å²) in [5, 5.41) is 2.66. The number of anilines is 1. The lowest BCUT2D eigenvalue weighted by atomic mass is 10.0. The van der Waals surface area contributed by atoms with Crippen LogP contribution in [0.1, 0.15) is 41.6 Å². The van der Waals surface area contributed by atoms with Gasteiger partial charge in [-0.1, -0.05) is 55.5 Å². The largest absolute Gasteiger partial charge is 0.325 e. The molecule has 142 valence electrons. The summed E-state index contributed by atoms with van der Waals surface area (Å²) in [4.78, 5) is 12.5. The van der Waals surface area contributed by atoms with Gasteiger partial charge in [0.2, 0.25) is 0 Å². The normalized spacial score (nSPS) is 20.6. The molecule has 0 spiro atoms. The van der Waals surface area contributed by atoms with Crippen LogP contribution in [-0.2, 0) is 0 Å². The summed E-state index contributed by atoms with van der Waals surface area (Å²) in [5.74, 6) is -0.571. The molecule has 3 aromatic rings. The van der Waals surface area contributed by atoms with Crippen LogP contribution in [0.4, 0.5) is 10.1 Å². The number of nitrogens with two attached hydrogens (primary N) is 1. The third kappa shape index (κ3) is 3.56. The van der Waals surface area contributed by atoms with Crippen LogP contribution < -0.4 is 11.1 Å². The first-order valence-electron chi connectivity index (χ1n) is 9.55. The molecule has 1 amide bonds. The molecule has 0 unspecified atom stereocenters. The van der Waals surface area contributed by atoms with Gasteiger partial charge in [-0.25, -0.2) is 4.39 Å². The molecule has 0 bridgehead atoms. The van der Waals surface area contributed by atoms with Gasteiger partial charge in [-0.2, -0.15) is 0 Å². The number of carbonyl (C=O) groups excluding carboxylic acids is 1. The average Bonchev–Trinajstić information content (AvgIpc) is 3.42. The first kappa shape index (κ1) is 18.4. The van der Waals surface area contributed by atoms with E-state index in [2.05, 4.69) is 5.32 Å². The Morgan fingerprint density at radius 1 is 1.07 bits per heavy atom.